The van der Waals surface area contributed by atoms with Crippen LogP contribution in [0.3, 0.4) is 0 Å². The number of likely N-dealkylation sites (tertiary alicyclic amines) is 1. The Balaban J connectivity index is 0.000000344. The van der Waals surface area contributed by atoms with E-state index in [9.17, 15) is 19.8 Å². The second-order valence-electron chi connectivity index (χ2n) is 8.53. The Morgan fingerprint density at radius 1 is 1.16 bits per heavy atom. The smallest absolute Gasteiger partial charge is 0.549 e. The Labute approximate surface area is 198 Å². The Morgan fingerprint density at radius 2 is 1.71 bits per heavy atom. The van der Waals surface area contributed by atoms with Gasteiger partial charge in [-0.3, -0.25) is 4.90 Å². The van der Waals surface area contributed by atoms with Gasteiger partial charge in [0.15, 0.2) is 0 Å². The average molecular weight is 615 g/mol. The molecule has 0 spiro atoms. The van der Waals surface area contributed by atoms with Crippen molar-refractivity contribution in [2.45, 2.75) is 64.2 Å². The zero-order valence-electron chi connectivity index (χ0n) is 18.4. The third-order valence-corrected chi connectivity index (χ3v) is 5.70. The first kappa shape index (κ1) is 27.6. The number of nitrogens with two attached hydrogens (primary N) is 1. The van der Waals surface area contributed by atoms with E-state index < -0.39 is 17.4 Å². The second-order valence-corrected chi connectivity index (χ2v) is 8.53. The molecule has 176 valence electrons. The van der Waals surface area contributed by atoms with E-state index in [1.54, 1.807) is 24.1 Å². The fourth-order valence-corrected chi connectivity index (χ4v) is 3.95. The number of carboxylic acids is 2. The van der Waals surface area contributed by atoms with Gasteiger partial charge in [-0.25, -0.2) is 0 Å². The average Bonchev–Trinajstić information content (AvgIpc) is 2.66. The maximum Gasteiger partial charge on any atom is 2.00 e. The number of rotatable bonds is 7. The number of carbonyl (C=O) groups excluding carboxylic acids is 2. The van der Waals surface area contributed by atoms with Gasteiger partial charge in [-0.05, 0) is 30.5 Å². The number of hydrogen-bond donors (Lipinski definition) is 2. The summed E-state index contributed by atoms with van der Waals surface area (Å²) < 4.78 is 5.02. The van der Waals surface area contributed by atoms with Crippen LogP contribution in [0.4, 0.5) is 0 Å². The summed E-state index contributed by atoms with van der Waals surface area (Å²) in [6.07, 6.45) is 5.12. The SMILES string of the molecule is CC(C)N[C@@H]1CCCC[C@H]1N.COc1ccc(CN2CC(C(=O)[O-])(C(=O)[O-])C2)cc1.[Pt+2]. The zero-order valence-corrected chi connectivity index (χ0v) is 20.6. The molecular weight excluding hydrogens is 581 g/mol. The molecule has 1 aromatic carbocycles. The molecule has 1 saturated carbocycles. The Kier molecular flexibility index (Phi) is 11.1. The molecule has 1 aliphatic heterocycles. The summed E-state index contributed by atoms with van der Waals surface area (Å²) in [6.45, 7) is 4.66. The number of nitrogens with zero attached hydrogens (tertiary/aromatic N) is 1. The summed E-state index contributed by atoms with van der Waals surface area (Å²) in [5.74, 6) is -2.44. The molecule has 2 fully saturated rings. The van der Waals surface area contributed by atoms with Gasteiger partial charge < -0.3 is 35.6 Å². The van der Waals surface area contributed by atoms with Crippen molar-refractivity contribution >= 4 is 11.9 Å². The van der Waals surface area contributed by atoms with E-state index in [1.807, 2.05) is 12.1 Å². The number of methoxy groups -OCH3 is 1. The molecule has 3 rings (SSSR count). The van der Waals surface area contributed by atoms with Gasteiger partial charge in [-0.2, -0.15) is 0 Å². The van der Waals surface area contributed by atoms with Crippen molar-refractivity contribution in [3.63, 3.8) is 0 Å². The Hall–Kier alpha value is -1.47. The zero-order chi connectivity index (χ0) is 22.3. The van der Waals surface area contributed by atoms with E-state index in [-0.39, 0.29) is 34.2 Å². The molecule has 2 aliphatic rings. The summed E-state index contributed by atoms with van der Waals surface area (Å²) in [5, 5.41) is 25.2. The normalized spacial score (nSPS) is 22.4. The standard InChI is InChI=1S/C13H15NO5.C9H20N2.Pt/c1-19-10-4-2-9(3-5-10)6-14-7-13(8-14,11(15)16)12(17)18;1-7(2)11-9-6-4-3-5-8(9)10;/h2-5H,6-8H2,1H3,(H,15,16)(H,17,18);7-9,11H,3-6,10H2,1-2H3;/q;;+2/p-2/t;8-,9-;/m.1./s1. The van der Waals surface area contributed by atoms with Crippen LogP contribution >= 0.6 is 0 Å². The van der Waals surface area contributed by atoms with Crippen molar-refractivity contribution in [3.05, 3.63) is 29.8 Å². The molecule has 0 radical (unpaired) electrons. The van der Waals surface area contributed by atoms with Gasteiger partial charge in [0.1, 0.15) is 5.75 Å². The third-order valence-electron chi connectivity index (χ3n) is 5.70. The van der Waals surface area contributed by atoms with Crippen molar-refractivity contribution in [1.82, 2.24) is 10.2 Å². The van der Waals surface area contributed by atoms with Crippen LogP contribution in [0.1, 0.15) is 45.1 Å². The van der Waals surface area contributed by atoms with Crippen LogP contribution in [0, 0.1) is 5.41 Å². The first-order valence-electron chi connectivity index (χ1n) is 10.5. The number of carbonyl (C=O) groups is 2. The summed E-state index contributed by atoms with van der Waals surface area (Å²) in [5.41, 5.74) is 5.05. The fourth-order valence-electron chi connectivity index (χ4n) is 3.95. The van der Waals surface area contributed by atoms with E-state index in [0.717, 1.165) is 11.3 Å². The van der Waals surface area contributed by atoms with Crippen LogP contribution in [0.15, 0.2) is 24.3 Å². The van der Waals surface area contributed by atoms with Crippen molar-refractivity contribution in [2.24, 2.45) is 11.1 Å². The molecule has 9 heteroatoms. The topological polar surface area (TPSA) is 131 Å². The minimum absolute atomic E-state index is 0. The van der Waals surface area contributed by atoms with Crippen molar-refractivity contribution in [2.75, 3.05) is 20.2 Å². The van der Waals surface area contributed by atoms with Crippen LogP contribution in [0.25, 0.3) is 0 Å². The van der Waals surface area contributed by atoms with Gasteiger partial charge in [-0.1, -0.05) is 38.8 Å². The molecule has 1 aromatic rings. The van der Waals surface area contributed by atoms with Crippen LogP contribution in [-0.4, -0.2) is 55.2 Å². The van der Waals surface area contributed by atoms with Crippen LogP contribution in [0.2, 0.25) is 0 Å². The maximum atomic E-state index is 10.9. The van der Waals surface area contributed by atoms with Crippen molar-refractivity contribution < 1.29 is 45.6 Å². The monoisotopic (exact) mass is 614 g/mol. The Bertz CT molecular complexity index is 692. The number of nitrogens with one attached hydrogen (secondary N) is 1. The fraction of sp³-hybridized carbons (Fsp3) is 0.636. The van der Waals surface area contributed by atoms with E-state index in [1.165, 1.54) is 25.7 Å². The predicted octanol–water partition coefficient (Wildman–Crippen LogP) is -0.751. The quantitative estimate of drug-likeness (QED) is 0.384. The van der Waals surface area contributed by atoms with Gasteiger partial charge in [0.05, 0.1) is 24.5 Å². The minimum atomic E-state index is -1.87. The molecule has 31 heavy (non-hydrogen) atoms. The molecule has 0 unspecified atom stereocenters. The molecule has 0 aromatic heterocycles. The van der Waals surface area contributed by atoms with Gasteiger partial charge in [0.2, 0.25) is 0 Å². The largest absolute Gasteiger partial charge is 2.00 e. The second kappa shape index (κ2) is 12.5. The van der Waals surface area contributed by atoms with E-state index in [4.69, 9.17) is 10.5 Å². The van der Waals surface area contributed by atoms with Crippen LogP contribution < -0.4 is 26.0 Å². The number of benzene rings is 1. The first-order chi connectivity index (χ1) is 14.2. The summed E-state index contributed by atoms with van der Waals surface area (Å²) in [6, 6.07) is 8.81. The van der Waals surface area contributed by atoms with Gasteiger partial charge in [-0.15, -0.1) is 0 Å². The molecule has 8 nitrogen and oxygen atoms in total. The number of hydrogen-bond acceptors (Lipinski definition) is 8. The molecule has 0 bridgehead atoms. The van der Waals surface area contributed by atoms with Crippen molar-refractivity contribution in [1.29, 1.82) is 0 Å². The molecule has 3 N–H and O–H groups in total. The van der Waals surface area contributed by atoms with Gasteiger partial charge in [0, 0.05) is 37.8 Å². The molecule has 1 heterocycles. The van der Waals surface area contributed by atoms with Gasteiger partial charge >= 0.3 is 21.1 Å². The van der Waals surface area contributed by atoms with Crippen LogP contribution in [0.5, 0.6) is 5.75 Å². The molecule has 1 saturated heterocycles. The van der Waals surface area contributed by atoms with Crippen LogP contribution in [-0.2, 0) is 37.2 Å². The van der Waals surface area contributed by atoms with E-state index in [2.05, 4.69) is 19.2 Å². The summed E-state index contributed by atoms with van der Waals surface area (Å²) in [4.78, 5) is 23.4. The first-order valence-corrected chi connectivity index (χ1v) is 10.5. The maximum absolute atomic E-state index is 10.9. The number of ether oxygens (including phenoxy) is 1. The minimum Gasteiger partial charge on any atom is -0.549 e. The third kappa shape index (κ3) is 7.56. The van der Waals surface area contributed by atoms with E-state index >= 15 is 0 Å². The van der Waals surface area contributed by atoms with Gasteiger partial charge in [0.25, 0.3) is 0 Å². The summed E-state index contributed by atoms with van der Waals surface area (Å²) in [7, 11) is 1.57. The predicted molar refractivity (Wildman–Crippen MR) is 109 cm³/mol. The summed E-state index contributed by atoms with van der Waals surface area (Å²) >= 11 is 0. The molecular formula is C22H33N3O5Pt. The Morgan fingerprint density at radius 3 is 2.16 bits per heavy atom. The number of aliphatic carboxylic acids is 2. The molecule has 0 amide bonds. The number of carboxylic acid groups (broad SMARTS) is 2. The molecule has 2 atom stereocenters. The van der Waals surface area contributed by atoms with E-state index in [0.29, 0.717) is 24.7 Å². The molecule has 1 aliphatic carbocycles. The van der Waals surface area contributed by atoms with Crippen molar-refractivity contribution in [3.8, 4) is 5.75 Å².